The van der Waals surface area contributed by atoms with Gasteiger partial charge in [0.05, 0.1) is 51.3 Å². The maximum atomic E-state index is 13.5. The molecule has 28 nitrogen and oxygen atoms in total. The van der Waals surface area contributed by atoms with Crippen LogP contribution in [0.1, 0.15) is 220 Å². The van der Waals surface area contributed by atoms with Crippen LogP contribution in [0.25, 0.3) is 0 Å². The van der Waals surface area contributed by atoms with Crippen LogP contribution in [0.3, 0.4) is 0 Å². The highest BCUT2D eigenvalue weighted by atomic mass is 16.8. The maximum absolute atomic E-state index is 13.5. The van der Waals surface area contributed by atoms with Gasteiger partial charge in [-0.15, -0.1) is 0 Å². The number of hydrogen-bond acceptors (Lipinski definition) is 25. The molecule has 17 N–H and O–H groups in total. The van der Waals surface area contributed by atoms with Gasteiger partial charge in [-0.1, -0.05) is 193 Å². The Morgan fingerprint density at radius 2 is 1.02 bits per heavy atom. The highest BCUT2D eigenvalue weighted by Gasteiger charge is 2.61. The largest absolute Gasteiger partial charge is 0.477 e. The number of carboxylic acid groups (broad SMARTS) is 1. The molecule has 23 atom stereocenters. The van der Waals surface area contributed by atoms with Crippen molar-refractivity contribution in [3.8, 4) is 0 Å². The molecule has 4 rings (SSSR count). The van der Waals surface area contributed by atoms with Crippen molar-refractivity contribution in [2.75, 3.05) is 33.0 Å². The third kappa shape index (κ3) is 28.0. The normalized spacial score (nSPS) is 32.6. The molecular formula is C67H122N2O26. The SMILES string of the molecule is CCCCCCCCCCCCC/C=C/[C@@H](O)[C@H](CO[C@@H]1OC(CO)[C@@H](O[C@@H]2OC(CO)[C@H](O[C@@H]3OC(CO)[C@H](O)[C@H](O)C3NC(C)=O)[C@H](O[C@]3(C(=O)O)CC(O)[C@@H](O)C([C@H](O)[C@H](O)CO)O3)C2O)[C@H](O)C1O)NC(=O)CCCCCCCCCCCCCCCCCCC. The number of nitrogens with one attached hydrogen (secondary N) is 2. The fraction of sp³-hybridized carbons (Fsp3) is 0.925. The van der Waals surface area contributed by atoms with E-state index in [2.05, 4.69) is 24.5 Å². The molecule has 95 heavy (non-hydrogen) atoms. The quantitative estimate of drug-likeness (QED) is 0.0305. The van der Waals surface area contributed by atoms with Crippen molar-refractivity contribution in [1.29, 1.82) is 0 Å². The summed E-state index contributed by atoms with van der Waals surface area (Å²) in [4.78, 5) is 39.3. The zero-order valence-electron chi connectivity index (χ0n) is 56.5. The van der Waals surface area contributed by atoms with E-state index in [-0.39, 0.29) is 12.3 Å². The van der Waals surface area contributed by atoms with E-state index in [0.717, 1.165) is 58.3 Å². The molecule has 4 fully saturated rings. The lowest BCUT2D eigenvalue weighted by Gasteiger charge is -2.52. The van der Waals surface area contributed by atoms with Gasteiger partial charge in [-0.2, -0.15) is 0 Å². The van der Waals surface area contributed by atoms with Gasteiger partial charge in [0.15, 0.2) is 18.9 Å². The molecule has 0 aromatic rings. The van der Waals surface area contributed by atoms with Gasteiger partial charge in [-0.25, -0.2) is 4.79 Å². The van der Waals surface area contributed by atoms with E-state index in [1.54, 1.807) is 6.08 Å². The molecule has 0 radical (unpaired) electrons. The number of carboxylic acids is 1. The highest BCUT2D eigenvalue weighted by molar-refractivity contribution is 5.76. The van der Waals surface area contributed by atoms with Crippen molar-refractivity contribution in [1.82, 2.24) is 10.6 Å². The molecule has 2 amide bonds. The summed E-state index contributed by atoms with van der Waals surface area (Å²) in [6.07, 6.45) is -4.08. The van der Waals surface area contributed by atoms with Gasteiger partial charge >= 0.3 is 5.97 Å². The number of rotatable bonds is 50. The molecule has 4 heterocycles. The summed E-state index contributed by atoms with van der Waals surface area (Å²) in [6.45, 7) is 0.761. The Morgan fingerprint density at radius 1 is 0.547 bits per heavy atom. The number of aliphatic carboxylic acids is 1. The van der Waals surface area contributed by atoms with Gasteiger partial charge in [0.1, 0.15) is 97.6 Å². The molecule has 28 heteroatoms. The minimum absolute atomic E-state index is 0.166. The number of hydrogen-bond donors (Lipinski definition) is 17. The van der Waals surface area contributed by atoms with Crippen molar-refractivity contribution in [2.45, 2.75) is 360 Å². The predicted octanol–water partition coefficient (Wildman–Crippen LogP) is 1.77. The summed E-state index contributed by atoms with van der Waals surface area (Å²) in [6, 6.07) is -2.80. The lowest BCUT2D eigenvalue weighted by molar-refractivity contribution is -0.403. The molecule has 0 saturated carbocycles. The maximum Gasteiger partial charge on any atom is 0.364 e. The lowest BCUT2D eigenvalue weighted by atomic mass is 9.90. The van der Waals surface area contributed by atoms with Gasteiger partial charge in [0.2, 0.25) is 11.8 Å². The summed E-state index contributed by atoms with van der Waals surface area (Å²) in [7, 11) is 0. The van der Waals surface area contributed by atoms with E-state index in [9.17, 15) is 91.0 Å². The number of aliphatic hydroxyl groups is 14. The summed E-state index contributed by atoms with van der Waals surface area (Å²) >= 11 is 0. The zero-order chi connectivity index (χ0) is 69.9. The molecule has 4 aliphatic rings. The third-order valence-corrected chi connectivity index (χ3v) is 18.6. The van der Waals surface area contributed by atoms with Crippen LogP contribution in [-0.4, -0.2) is 268 Å². The van der Waals surface area contributed by atoms with E-state index in [1.165, 1.54) is 122 Å². The average molecular weight is 1370 g/mol. The second-order valence-corrected chi connectivity index (χ2v) is 26.4. The zero-order valence-corrected chi connectivity index (χ0v) is 56.5. The smallest absolute Gasteiger partial charge is 0.364 e. The number of amides is 2. The molecule has 4 aliphatic heterocycles. The van der Waals surface area contributed by atoms with Crippen LogP contribution in [0.2, 0.25) is 0 Å². The third-order valence-electron chi connectivity index (χ3n) is 18.6. The lowest BCUT2D eigenvalue weighted by Crippen LogP contribution is -2.71. The van der Waals surface area contributed by atoms with Crippen molar-refractivity contribution in [3.63, 3.8) is 0 Å². The van der Waals surface area contributed by atoms with E-state index in [0.29, 0.717) is 12.8 Å². The van der Waals surface area contributed by atoms with E-state index in [4.69, 9.17) is 37.9 Å². The predicted molar refractivity (Wildman–Crippen MR) is 343 cm³/mol. The Balaban J connectivity index is 1.49. The molecule has 8 unspecified atom stereocenters. The van der Waals surface area contributed by atoms with Crippen molar-refractivity contribution >= 4 is 17.8 Å². The van der Waals surface area contributed by atoms with E-state index < -0.39 is 192 Å². The van der Waals surface area contributed by atoms with Crippen LogP contribution in [0, 0.1) is 0 Å². The Kier molecular flexibility index (Phi) is 41.6. The summed E-state index contributed by atoms with van der Waals surface area (Å²) < 4.78 is 47.4. The van der Waals surface area contributed by atoms with Crippen LogP contribution in [0.5, 0.6) is 0 Å². The minimum atomic E-state index is -3.28. The van der Waals surface area contributed by atoms with Gasteiger partial charge in [0, 0.05) is 19.8 Å². The topological polar surface area (TPSA) is 453 Å². The van der Waals surface area contributed by atoms with Crippen LogP contribution < -0.4 is 10.6 Å². The van der Waals surface area contributed by atoms with Crippen LogP contribution in [0.4, 0.5) is 0 Å². The first-order valence-electron chi connectivity index (χ1n) is 35.6. The van der Waals surface area contributed by atoms with Crippen molar-refractivity contribution < 1.29 is 129 Å². The van der Waals surface area contributed by atoms with E-state index in [1.807, 2.05) is 6.08 Å². The minimum Gasteiger partial charge on any atom is -0.477 e. The molecule has 0 aliphatic carbocycles. The van der Waals surface area contributed by atoms with Gasteiger partial charge in [-0.3, -0.25) is 9.59 Å². The van der Waals surface area contributed by atoms with Gasteiger partial charge in [-0.05, 0) is 19.3 Å². The number of carbonyl (C=O) groups is 3. The van der Waals surface area contributed by atoms with E-state index >= 15 is 0 Å². The second kappa shape index (κ2) is 46.6. The van der Waals surface area contributed by atoms with Gasteiger partial charge < -0.3 is 125 Å². The first-order valence-corrected chi connectivity index (χ1v) is 35.6. The number of ether oxygens (including phenoxy) is 8. The summed E-state index contributed by atoms with van der Waals surface area (Å²) in [5.74, 6) is -6.54. The number of aliphatic hydroxyl groups excluding tert-OH is 14. The Hall–Kier alpha value is -2.73. The fourth-order valence-corrected chi connectivity index (χ4v) is 12.8. The van der Waals surface area contributed by atoms with Crippen LogP contribution in [-0.2, 0) is 52.3 Å². The summed E-state index contributed by atoms with van der Waals surface area (Å²) in [5.41, 5.74) is 0. The summed E-state index contributed by atoms with van der Waals surface area (Å²) in [5, 5.41) is 170. The number of unbranched alkanes of at least 4 members (excludes halogenated alkanes) is 27. The molecule has 0 bridgehead atoms. The molecule has 0 aromatic heterocycles. The Labute approximate surface area is 561 Å². The first kappa shape index (κ1) is 84.7. The van der Waals surface area contributed by atoms with Crippen molar-refractivity contribution in [3.05, 3.63) is 12.2 Å². The highest BCUT2D eigenvalue weighted by Crippen LogP contribution is 2.40. The molecule has 0 aromatic carbocycles. The molecule has 0 spiro atoms. The second-order valence-electron chi connectivity index (χ2n) is 26.4. The average Bonchev–Trinajstić information content (AvgIpc) is 0.756. The standard InChI is InChI=1S/C67H122N2O26/c1-4-6-8-10-12-14-16-18-19-20-21-23-25-27-29-31-33-35-50(78)69-43(44(75)34-32-30-28-26-24-22-17-15-13-11-9-7-5-2)41-88-64-57(84)56(83)59(48(39-72)90-64)92-65-58(85)62(95-67(66(86)87)36-45(76)52(79)61(94-67)53(80)46(77)37-70)60(49(40-73)91-65)93-63-51(68-42(3)74)55(82)54(81)47(38-71)89-63/h32,34,43-49,51-65,70-73,75-77,79-85H,4-31,33,35-41H2,1-3H3,(H,68,74)(H,69,78)(H,86,87)/b34-32+/t43-,44+,45?,46+,47?,48?,49?,51?,52+,53+,54-,55+,56+,57?,58?,59+,60-,61?,62+,63-,64+,65-,67-/m0/s1. The van der Waals surface area contributed by atoms with Gasteiger partial charge in [0.25, 0.3) is 5.79 Å². The Bertz CT molecular complexity index is 2090. The van der Waals surface area contributed by atoms with Crippen LogP contribution in [0.15, 0.2) is 12.2 Å². The molecular weight excluding hydrogens is 1250 g/mol. The Morgan fingerprint density at radius 3 is 1.52 bits per heavy atom. The first-order chi connectivity index (χ1) is 45.6. The number of carbonyl (C=O) groups excluding carboxylic acids is 2. The number of allylic oxidation sites excluding steroid dienone is 1. The molecule has 4 saturated heterocycles. The monoisotopic (exact) mass is 1370 g/mol. The van der Waals surface area contributed by atoms with Crippen molar-refractivity contribution in [2.24, 2.45) is 0 Å². The fourth-order valence-electron chi connectivity index (χ4n) is 12.8. The molecule has 556 valence electrons. The van der Waals surface area contributed by atoms with Crippen LogP contribution >= 0.6 is 0 Å².